The number of carbonyl (C=O) groups is 1. The lowest BCUT2D eigenvalue weighted by molar-refractivity contribution is 0.0703. The molecule has 112 valence electrons. The van der Waals surface area contributed by atoms with E-state index in [1.165, 1.54) is 13.0 Å². The van der Waals surface area contributed by atoms with Crippen LogP contribution in [0.15, 0.2) is 30.3 Å². The number of hydrogen-bond acceptors (Lipinski definition) is 2. The Hall–Kier alpha value is -2.34. The van der Waals surface area contributed by atoms with Gasteiger partial charge in [-0.3, -0.25) is 0 Å². The number of aryl methyl sites for hydroxylation is 1. The van der Waals surface area contributed by atoms with Crippen LogP contribution < -0.4 is 0 Å². The standard InChI is InChI=1S/C16H9F3O2S/c1-7-4-10(18)14(11(19)5-7)13-9-3-2-8(17)6-12(9)22-15(13)16(20)21/h2-6H,1H3,(H,20,21). The highest BCUT2D eigenvalue weighted by Crippen LogP contribution is 2.41. The van der Waals surface area contributed by atoms with E-state index in [0.717, 1.165) is 35.6 Å². The Morgan fingerprint density at radius 3 is 2.27 bits per heavy atom. The predicted octanol–water partition coefficient (Wildman–Crippen LogP) is 4.99. The molecule has 0 aliphatic heterocycles. The highest BCUT2D eigenvalue weighted by molar-refractivity contribution is 7.21. The second kappa shape index (κ2) is 5.14. The number of aromatic carboxylic acids is 1. The van der Waals surface area contributed by atoms with Crippen molar-refractivity contribution in [2.75, 3.05) is 0 Å². The number of rotatable bonds is 2. The third-order valence-corrected chi connectivity index (χ3v) is 4.42. The summed E-state index contributed by atoms with van der Waals surface area (Å²) >= 11 is 0.790. The molecule has 22 heavy (non-hydrogen) atoms. The van der Waals surface area contributed by atoms with Gasteiger partial charge in [0.25, 0.3) is 0 Å². The number of carboxylic acids is 1. The molecule has 2 aromatic carbocycles. The predicted molar refractivity (Wildman–Crippen MR) is 78.8 cm³/mol. The molecule has 3 aromatic rings. The maximum absolute atomic E-state index is 14.2. The second-order valence-electron chi connectivity index (χ2n) is 4.86. The summed E-state index contributed by atoms with van der Waals surface area (Å²) in [5, 5.41) is 9.62. The molecule has 0 amide bonds. The van der Waals surface area contributed by atoms with Crippen molar-refractivity contribution in [3.8, 4) is 11.1 Å². The zero-order valence-electron chi connectivity index (χ0n) is 11.3. The molecule has 0 bridgehead atoms. The number of halogens is 3. The zero-order chi connectivity index (χ0) is 16.0. The molecule has 2 nitrogen and oxygen atoms in total. The van der Waals surface area contributed by atoms with Crippen LogP contribution in [0, 0.1) is 24.4 Å². The lowest BCUT2D eigenvalue weighted by Gasteiger charge is -2.07. The smallest absolute Gasteiger partial charge is 0.346 e. The maximum Gasteiger partial charge on any atom is 0.346 e. The SMILES string of the molecule is Cc1cc(F)c(-c2c(C(=O)O)sc3cc(F)ccc23)c(F)c1. The molecule has 6 heteroatoms. The molecule has 3 rings (SSSR count). The van der Waals surface area contributed by atoms with Crippen molar-refractivity contribution in [2.24, 2.45) is 0 Å². The normalized spacial score (nSPS) is 11.1. The summed E-state index contributed by atoms with van der Waals surface area (Å²) in [6.45, 7) is 1.54. The molecular formula is C16H9F3O2S. The quantitative estimate of drug-likeness (QED) is 0.721. The number of fused-ring (bicyclic) bond motifs is 1. The van der Waals surface area contributed by atoms with Gasteiger partial charge in [-0.15, -0.1) is 11.3 Å². The average molecular weight is 322 g/mol. The first-order valence-electron chi connectivity index (χ1n) is 6.30. The Balaban J connectivity index is 2.44. The Morgan fingerprint density at radius 1 is 1.05 bits per heavy atom. The highest BCUT2D eigenvalue weighted by atomic mass is 32.1. The lowest BCUT2D eigenvalue weighted by atomic mass is 9.99. The van der Waals surface area contributed by atoms with Crippen LogP contribution in [-0.2, 0) is 0 Å². The Bertz CT molecular complexity index is 892. The molecule has 0 spiro atoms. The van der Waals surface area contributed by atoms with Gasteiger partial charge in [-0.05, 0) is 42.8 Å². The molecule has 0 atom stereocenters. The molecule has 1 aromatic heterocycles. The van der Waals surface area contributed by atoms with Crippen LogP contribution in [0.2, 0.25) is 0 Å². The summed E-state index contributed by atoms with van der Waals surface area (Å²) in [6, 6.07) is 5.89. The average Bonchev–Trinajstić information content (AvgIpc) is 2.76. The van der Waals surface area contributed by atoms with E-state index in [1.54, 1.807) is 0 Å². The number of hydrogen-bond donors (Lipinski definition) is 1. The number of carboxylic acid groups (broad SMARTS) is 1. The van der Waals surface area contributed by atoms with Crippen LogP contribution in [0.4, 0.5) is 13.2 Å². The Morgan fingerprint density at radius 2 is 1.68 bits per heavy atom. The Labute approximate surface area is 127 Å². The minimum absolute atomic E-state index is 0.0532. The third-order valence-electron chi connectivity index (χ3n) is 3.28. The van der Waals surface area contributed by atoms with Crippen molar-refractivity contribution in [1.82, 2.24) is 0 Å². The first kappa shape index (κ1) is 14.6. The fourth-order valence-electron chi connectivity index (χ4n) is 2.41. The minimum Gasteiger partial charge on any atom is -0.477 e. The van der Waals surface area contributed by atoms with Gasteiger partial charge >= 0.3 is 5.97 Å². The van der Waals surface area contributed by atoms with Crippen LogP contribution in [0.25, 0.3) is 21.2 Å². The topological polar surface area (TPSA) is 37.3 Å². The summed E-state index contributed by atoms with van der Waals surface area (Å²) in [5.41, 5.74) is -0.0652. The largest absolute Gasteiger partial charge is 0.477 e. The number of thiophene rings is 1. The van der Waals surface area contributed by atoms with E-state index in [9.17, 15) is 23.1 Å². The van der Waals surface area contributed by atoms with Crippen LogP contribution in [-0.4, -0.2) is 11.1 Å². The van der Waals surface area contributed by atoms with Gasteiger partial charge in [0.1, 0.15) is 22.3 Å². The van der Waals surface area contributed by atoms with Crippen LogP contribution in [0.5, 0.6) is 0 Å². The first-order chi connectivity index (χ1) is 10.4. The van der Waals surface area contributed by atoms with Gasteiger partial charge in [-0.1, -0.05) is 0 Å². The monoisotopic (exact) mass is 322 g/mol. The van der Waals surface area contributed by atoms with E-state index in [4.69, 9.17) is 0 Å². The lowest BCUT2D eigenvalue weighted by Crippen LogP contribution is -1.99. The van der Waals surface area contributed by atoms with Gasteiger partial charge in [-0.25, -0.2) is 18.0 Å². The van der Waals surface area contributed by atoms with Gasteiger partial charge in [-0.2, -0.15) is 0 Å². The van der Waals surface area contributed by atoms with Crippen molar-refractivity contribution >= 4 is 27.4 Å². The third kappa shape index (κ3) is 2.25. The molecule has 0 aliphatic carbocycles. The van der Waals surface area contributed by atoms with E-state index in [2.05, 4.69) is 0 Å². The van der Waals surface area contributed by atoms with E-state index in [0.29, 0.717) is 15.6 Å². The van der Waals surface area contributed by atoms with Gasteiger partial charge in [0.2, 0.25) is 0 Å². The molecule has 0 fully saturated rings. The summed E-state index contributed by atoms with van der Waals surface area (Å²) < 4.78 is 42.1. The van der Waals surface area contributed by atoms with E-state index < -0.39 is 29.0 Å². The molecule has 0 saturated heterocycles. The summed E-state index contributed by atoms with van der Waals surface area (Å²) in [7, 11) is 0. The number of benzene rings is 2. The fourth-order valence-corrected chi connectivity index (χ4v) is 3.48. The van der Waals surface area contributed by atoms with Crippen molar-refractivity contribution in [1.29, 1.82) is 0 Å². The van der Waals surface area contributed by atoms with Crippen molar-refractivity contribution in [3.05, 3.63) is 58.2 Å². The fraction of sp³-hybridized carbons (Fsp3) is 0.0625. The molecule has 1 heterocycles. The second-order valence-corrected chi connectivity index (χ2v) is 5.91. The molecule has 0 unspecified atom stereocenters. The van der Waals surface area contributed by atoms with E-state index >= 15 is 0 Å². The molecule has 0 saturated carbocycles. The molecule has 0 aliphatic rings. The van der Waals surface area contributed by atoms with E-state index in [-0.39, 0.29) is 10.4 Å². The van der Waals surface area contributed by atoms with Gasteiger partial charge < -0.3 is 5.11 Å². The van der Waals surface area contributed by atoms with Gasteiger partial charge in [0.05, 0.1) is 5.56 Å². The first-order valence-corrected chi connectivity index (χ1v) is 7.11. The van der Waals surface area contributed by atoms with Crippen molar-refractivity contribution in [2.45, 2.75) is 6.92 Å². The molecule has 1 N–H and O–H groups in total. The summed E-state index contributed by atoms with van der Waals surface area (Å²) in [6.07, 6.45) is 0. The van der Waals surface area contributed by atoms with Gasteiger partial charge in [0, 0.05) is 15.6 Å². The van der Waals surface area contributed by atoms with Crippen LogP contribution in [0.1, 0.15) is 15.2 Å². The van der Waals surface area contributed by atoms with Crippen LogP contribution in [0.3, 0.4) is 0 Å². The maximum atomic E-state index is 14.2. The van der Waals surface area contributed by atoms with Crippen molar-refractivity contribution in [3.63, 3.8) is 0 Å². The highest BCUT2D eigenvalue weighted by Gasteiger charge is 2.24. The molecular weight excluding hydrogens is 313 g/mol. The van der Waals surface area contributed by atoms with Crippen molar-refractivity contribution < 1.29 is 23.1 Å². The summed E-state index contributed by atoms with van der Waals surface area (Å²) in [4.78, 5) is 11.2. The zero-order valence-corrected chi connectivity index (χ0v) is 12.1. The Kier molecular flexibility index (Phi) is 3.41. The van der Waals surface area contributed by atoms with E-state index in [1.807, 2.05) is 0 Å². The van der Waals surface area contributed by atoms with Crippen LogP contribution >= 0.6 is 11.3 Å². The van der Waals surface area contributed by atoms with Gasteiger partial charge in [0.15, 0.2) is 0 Å². The minimum atomic E-state index is -1.31. The summed E-state index contributed by atoms with van der Waals surface area (Å²) in [5.74, 6) is -3.54. The molecule has 0 radical (unpaired) electrons.